The summed E-state index contributed by atoms with van der Waals surface area (Å²) in [5.74, 6) is -1.60. The lowest BCUT2D eigenvalue weighted by Gasteiger charge is -2.18. The van der Waals surface area contributed by atoms with E-state index in [-0.39, 0.29) is 23.7 Å². The Labute approximate surface area is 178 Å². The van der Waals surface area contributed by atoms with E-state index in [1.54, 1.807) is 48.5 Å². The number of rotatable bonds is 10. The molecule has 2 rings (SSSR count). The number of carbonyl (C=O) groups excluding carboxylic acids is 3. The number of hydrogen-bond donors (Lipinski definition) is 2. The molecule has 0 aliphatic heterocycles. The molecule has 0 saturated heterocycles. The molecule has 2 aromatic rings. The summed E-state index contributed by atoms with van der Waals surface area (Å²) in [5.41, 5.74) is 1.09. The quantitative estimate of drug-likeness (QED) is 0.559. The molecule has 1 unspecified atom stereocenters. The van der Waals surface area contributed by atoms with Crippen molar-refractivity contribution in [2.45, 2.75) is 31.1 Å². The minimum Gasteiger partial charge on any atom is -0.497 e. The number of aliphatic carboxylic acids is 1. The number of thioether (sulfide) groups is 1. The molecule has 1 amide bonds. The fourth-order valence-corrected chi connectivity index (χ4v) is 3.68. The zero-order valence-electron chi connectivity index (χ0n) is 16.7. The average molecular weight is 429 g/mol. The van der Waals surface area contributed by atoms with Crippen LogP contribution >= 0.6 is 11.8 Å². The minimum atomic E-state index is -1.18. The normalized spacial score (nSPS) is 12.5. The number of Topliss-reactive ketones (excluding diaryl/α,β-unsaturated/α-hetero) is 1. The van der Waals surface area contributed by atoms with Crippen LogP contribution in [0.4, 0.5) is 0 Å². The first-order valence-corrected chi connectivity index (χ1v) is 10.1. The second-order valence-corrected chi connectivity index (χ2v) is 7.92. The third-order valence-electron chi connectivity index (χ3n) is 4.26. The maximum Gasteiger partial charge on any atom is 0.326 e. The Kier molecular flexibility index (Phi) is 8.61. The van der Waals surface area contributed by atoms with E-state index in [2.05, 4.69) is 5.32 Å². The van der Waals surface area contributed by atoms with Gasteiger partial charge in [0.2, 0.25) is 5.91 Å². The first kappa shape index (κ1) is 23.2. The summed E-state index contributed by atoms with van der Waals surface area (Å²) in [6.07, 6.45) is -0.202. The Bertz CT molecular complexity index is 898. The third kappa shape index (κ3) is 7.04. The van der Waals surface area contributed by atoms with E-state index in [4.69, 9.17) is 4.74 Å². The van der Waals surface area contributed by atoms with Gasteiger partial charge in [-0.15, -0.1) is 0 Å². The number of ketones is 1. The third-order valence-corrected chi connectivity index (χ3v) is 5.26. The number of methoxy groups -OCH3 is 1. The molecule has 0 saturated carbocycles. The SMILES string of the molecule is COc1ccc(C(=O)C(CC(=O)N[C@@H](Cc2ccccc2)C(=O)O)SC(C)=O)cc1. The lowest BCUT2D eigenvalue weighted by atomic mass is 10.0. The molecule has 0 bridgehead atoms. The van der Waals surface area contributed by atoms with Gasteiger partial charge in [-0.3, -0.25) is 14.4 Å². The second kappa shape index (κ2) is 11.2. The molecule has 0 fully saturated rings. The number of carboxylic acid groups (broad SMARTS) is 1. The molecule has 30 heavy (non-hydrogen) atoms. The van der Waals surface area contributed by atoms with Gasteiger partial charge in [0.15, 0.2) is 10.9 Å². The van der Waals surface area contributed by atoms with Crippen LogP contribution in [0.25, 0.3) is 0 Å². The molecular formula is C22H23NO6S. The summed E-state index contributed by atoms with van der Waals surface area (Å²) in [6, 6.07) is 14.1. The highest BCUT2D eigenvalue weighted by atomic mass is 32.2. The van der Waals surface area contributed by atoms with Gasteiger partial charge in [-0.25, -0.2) is 4.79 Å². The maximum absolute atomic E-state index is 12.8. The van der Waals surface area contributed by atoms with Crippen LogP contribution in [0.1, 0.15) is 29.3 Å². The van der Waals surface area contributed by atoms with Crippen LogP contribution < -0.4 is 10.1 Å². The number of carbonyl (C=O) groups is 4. The van der Waals surface area contributed by atoms with E-state index in [0.29, 0.717) is 11.3 Å². The summed E-state index contributed by atoms with van der Waals surface area (Å²) < 4.78 is 5.06. The fourth-order valence-electron chi connectivity index (χ4n) is 2.80. The summed E-state index contributed by atoms with van der Waals surface area (Å²) in [6.45, 7) is 1.31. The summed E-state index contributed by atoms with van der Waals surface area (Å²) in [5, 5.41) is 10.6. The van der Waals surface area contributed by atoms with Crippen molar-refractivity contribution >= 4 is 34.5 Å². The Balaban J connectivity index is 2.09. The Morgan fingerprint density at radius 2 is 1.67 bits per heavy atom. The van der Waals surface area contributed by atoms with E-state index in [1.165, 1.54) is 14.0 Å². The van der Waals surface area contributed by atoms with Crippen molar-refractivity contribution in [1.29, 1.82) is 0 Å². The summed E-state index contributed by atoms with van der Waals surface area (Å²) in [4.78, 5) is 48.5. The highest BCUT2D eigenvalue weighted by Gasteiger charge is 2.28. The van der Waals surface area contributed by atoms with Crippen LogP contribution in [0, 0.1) is 0 Å². The number of nitrogens with one attached hydrogen (secondary N) is 1. The molecule has 0 aliphatic rings. The average Bonchev–Trinajstić information content (AvgIpc) is 2.72. The topological polar surface area (TPSA) is 110 Å². The molecule has 0 aromatic heterocycles. The van der Waals surface area contributed by atoms with Crippen molar-refractivity contribution in [3.8, 4) is 5.75 Å². The van der Waals surface area contributed by atoms with Crippen molar-refractivity contribution in [2.75, 3.05) is 7.11 Å². The van der Waals surface area contributed by atoms with Crippen molar-refractivity contribution in [3.05, 3.63) is 65.7 Å². The highest BCUT2D eigenvalue weighted by molar-refractivity contribution is 8.14. The van der Waals surface area contributed by atoms with Gasteiger partial charge >= 0.3 is 5.97 Å². The lowest BCUT2D eigenvalue weighted by molar-refractivity contribution is -0.141. The largest absolute Gasteiger partial charge is 0.497 e. The van der Waals surface area contributed by atoms with Gasteiger partial charge < -0.3 is 15.2 Å². The minimum absolute atomic E-state index is 0.110. The van der Waals surface area contributed by atoms with Crippen molar-refractivity contribution in [2.24, 2.45) is 0 Å². The van der Waals surface area contributed by atoms with E-state index in [0.717, 1.165) is 17.3 Å². The van der Waals surface area contributed by atoms with Crippen LogP contribution in [-0.2, 0) is 20.8 Å². The first-order valence-electron chi connectivity index (χ1n) is 9.21. The maximum atomic E-state index is 12.8. The molecular weight excluding hydrogens is 406 g/mol. The molecule has 0 aliphatic carbocycles. The summed E-state index contributed by atoms with van der Waals surface area (Å²) in [7, 11) is 1.50. The van der Waals surface area contributed by atoms with Crippen molar-refractivity contribution in [1.82, 2.24) is 5.32 Å². The van der Waals surface area contributed by atoms with Gasteiger partial charge in [-0.1, -0.05) is 42.1 Å². The van der Waals surface area contributed by atoms with Gasteiger partial charge in [0.1, 0.15) is 11.8 Å². The van der Waals surface area contributed by atoms with Gasteiger partial charge in [0, 0.05) is 25.3 Å². The molecule has 0 heterocycles. The van der Waals surface area contributed by atoms with E-state index >= 15 is 0 Å². The number of carboxylic acids is 1. The van der Waals surface area contributed by atoms with E-state index in [9.17, 15) is 24.3 Å². The Morgan fingerprint density at radius 3 is 2.20 bits per heavy atom. The summed E-state index contributed by atoms with van der Waals surface area (Å²) >= 11 is 0.752. The molecule has 2 aromatic carbocycles. The molecule has 0 spiro atoms. The number of benzene rings is 2. The zero-order valence-corrected chi connectivity index (χ0v) is 17.5. The lowest BCUT2D eigenvalue weighted by Crippen LogP contribution is -2.43. The number of ether oxygens (including phenoxy) is 1. The van der Waals surface area contributed by atoms with Crippen molar-refractivity contribution < 1.29 is 29.0 Å². The second-order valence-electron chi connectivity index (χ2n) is 6.54. The first-order chi connectivity index (χ1) is 14.3. The van der Waals surface area contributed by atoms with Gasteiger partial charge in [-0.2, -0.15) is 0 Å². The predicted octanol–water partition coefficient (Wildman–Crippen LogP) is 2.73. The van der Waals surface area contributed by atoms with E-state index in [1.807, 2.05) is 6.07 Å². The van der Waals surface area contributed by atoms with Crippen LogP contribution in [0.15, 0.2) is 54.6 Å². The molecule has 2 atom stereocenters. The van der Waals surface area contributed by atoms with E-state index < -0.39 is 23.2 Å². The smallest absolute Gasteiger partial charge is 0.326 e. The van der Waals surface area contributed by atoms with Crippen LogP contribution in [0.2, 0.25) is 0 Å². The number of amides is 1. The van der Waals surface area contributed by atoms with Gasteiger partial charge in [0.25, 0.3) is 0 Å². The molecule has 8 heteroatoms. The molecule has 2 N–H and O–H groups in total. The van der Waals surface area contributed by atoms with Crippen LogP contribution in [-0.4, -0.2) is 46.3 Å². The van der Waals surface area contributed by atoms with Gasteiger partial charge in [-0.05, 0) is 29.8 Å². The number of hydrogen-bond acceptors (Lipinski definition) is 6. The predicted molar refractivity (Wildman–Crippen MR) is 114 cm³/mol. The molecule has 158 valence electrons. The van der Waals surface area contributed by atoms with Gasteiger partial charge in [0.05, 0.1) is 12.4 Å². The Hall–Kier alpha value is -3.13. The van der Waals surface area contributed by atoms with Crippen molar-refractivity contribution in [3.63, 3.8) is 0 Å². The molecule has 0 radical (unpaired) electrons. The fraction of sp³-hybridized carbons (Fsp3) is 0.273. The highest BCUT2D eigenvalue weighted by Crippen LogP contribution is 2.22. The molecule has 7 nitrogen and oxygen atoms in total. The zero-order chi connectivity index (χ0) is 22.1. The van der Waals surface area contributed by atoms with Crippen LogP contribution in [0.3, 0.4) is 0 Å². The standard InChI is InChI=1S/C22H23NO6S/c1-14(24)30-19(21(26)16-8-10-17(29-2)11-9-16)13-20(25)23-18(22(27)28)12-15-6-4-3-5-7-15/h3-11,18-19H,12-13H2,1-2H3,(H,23,25)(H,27,28)/t18-,19?/m0/s1. The Morgan fingerprint density at radius 1 is 1.03 bits per heavy atom. The van der Waals surface area contributed by atoms with Crippen LogP contribution in [0.5, 0.6) is 5.75 Å². The monoisotopic (exact) mass is 429 g/mol.